The molecule has 2 rings (SSSR count). The maximum Gasteiger partial charge on any atom is 0.308 e. The number of esters is 1. The van der Waals surface area contributed by atoms with Crippen LogP contribution >= 0.6 is 24.0 Å². The molecule has 1 fully saturated rings. The van der Waals surface area contributed by atoms with Gasteiger partial charge in [-0.1, -0.05) is 6.07 Å². The second kappa shape index (κ2) is 12.7. The zero-order chi connectivity index (χ0) is 19.6. The molecule has 28 heavy (non-hydrogen) atoms. The van der Waals surface area contributed by atoms with Gasteiger partial charge in [-0.3, -0.25) is 4.79 Å². The van der Waals surface area contributed by atoms with Crippen LogP contribution in [0.2, 0.25) is 0 Å². The zero-order valence-corrected chi connectivity index (χ0v) is 19.5. The van der Waals surface area contributed by atoms with Crippen molar-refractivity contribution < 1.29 is 19.0 Å². The van der Waals surface area contributed by atoms with E-state index in [4.69, 9.17) is 19.2 Å². The molecule has 0 spiro atoms. The molecule has 1 heterocycles. The van der Waals surface area contributed by atoms with Gasteiger partial charge < -0.3 is 24.4 Å². The van der Waals surface area contributed by atoms with Crippen molar-refractivity contribution in [1.29, 1.82) is 0 Å². The summed E-state index contributed by atoms with van der Waals surface area (Å²) in [5.74, 6) is 2.20. The first-order valence-electron chi connectivity index (χ1n) is 9.53. The van der Waals surface area contributed by atoms with Crippen LogP contribution in [0.15, 0.2) is 23.2 Å². The van der Waals surface area contributed by atoms with Crippen LogP contribution < -0.4 is 14.8 Å². The Hall–Kier alpha value is -1.71. The van der Waals surface area contributed by atoms with E-state index in [9.17, 15) is 4.79 Å². The first-order chi connectivity index (χ1) is 13.1. The first-order valence-corrected chi connectivity index (χ1v) is 9.53. The Kier molecular flexibility index (Phi) is 11.0. The highest BCUT2D eigenvalue weighted by atomic mass is 127. The van der Waals surface area contributed by atoms with E-state index in [1.54, 1.807) is 7.11 Å². The summed E-state index contributed by atoms with van der Waals surface area (Å²) in [5.41, 5.74) is 1.05. The Balaban J connectivity index is 0.00000392. The molecule has 0 unspecified atom stereocenters. The topological polar surface area (TPSA) is 72.4 Å². The number of hydrogen-bond acceptors (Lipinski definition) is 5. The number of methoxy groups -OCH3 is 2. The smallest absolute Gasteiger partial charge is 0.308 e. The Morgan fingerprint density at radius 3 is 2.50 bits per heavy atom. The SMILES string of the molecule is CCNC(=NCc1ccc(OCC)c(OC)c1)N1CCC(C(=O)OC)CC1.I. The lowest BCUT2D eigenvalue weighted by molar-refractivity contribution is -0.146. The monoisotopic (exact) mass is 505 g/mol. The number of hydrogen-bond donors (Lipinski definition) is 1. The van der Waals surface area contributed by atoms with Gasteiger partial charge >= 0.3 is 5.97 Å². The molecule has 7 nitrogen and oxygen atoms in total. The second-order valence-electron chi connectivity index (χ2n) is 6.37. The number of halogens is 1. The fourth-order valence-corrected chi connectivity index (χ4v) is 3.17. The van der Waals surface area contributed by atoms with Crippen molar-refractivity contribution in [1.82, 2.24) is 10.2 Å². The number of likely N-dealkylation sites (tertiary alicyclic amines) is 1. The minimum absolute atomic E-state index is 0. The number of benzene rings is 1. The van der Waals surface area contributed by atoms with E-state index < -0.39 is 0 Å². The Labute approximate surface area is 184 Å². The second-order valence-corrected chi connectivity index (χ2v) is 6.37. The molecule has 1 N–H and O–H groups in total. The highest BCUT2D eigenvalue weighted by Gasteiger charge is 2.26. The van der Waals surface area contributed by atoms with Crippen molar-refractivity contribution in [2.75, 3.05) is 40.5 Å². The van der Waals surface area contributed by atoms with Gasteiger partial charge in [0, 0.05) is 19.6 Å². The predicted molar refractivity (Wildman–Crippen MR) is 121 cm³/mol. The van der Waals surface area contributed by atoms with E-state index >= 15 is 0 Å². The number of nitrogens with zero attached hydrogens (tertiary/aromatic N) is 2. The lowest BCUT2D eigenvalue weighted by atomic mass is 9.97. The molecule has 0 aromatic heterocycles. The zero-order valence-electron chi connectivity index (χ0n) is 17.2. The Morgan fingerprint density at radius 2 is 1.93 bits per heavy atom. The van der Waals surface area contributed by atoms with Crippen molar-refractivity contribution in [3.63, 3.8) is 0 Å². The molecular weight excluding hydrogens is 473 g/mol. The van der Waals surface area contributed by atoms with Crippen molar-refractivity contribution in [3.05, 3.63) is 23.8 Å². The third kappa shape index (κ3) is 6.72. The summed E-state index contributed by atoms with van der Waals surface area (Å²) in [6.07, 6.45) is 1.57. The Bertz CT molecular complexity index is 646. The van der Waals surface area contributed by atoms with Gasteiger partial charge in [0.2, 0.25) is 0 Å². The van der Waals surface area contributed by atoms with Crippen molar-refractivity contribution >= 4 is 35.9 Å². The highest BCUT2D eigenvalue weighted by Crippen LogP contribution is 2.28. The van der Waals surface area contributed by atoms with E-state index in [2.05, 4.69) is 17.1 Å². The molecule has 0 amide bonds. The summed E-state index contributed by atoms with van der Waals surface area (Å²) < 4.78 is 15.8. The quantitative estimate of drug-likeness (QED) is 0.266. The minimum atomic E-state index is -0.113. The lowest BCUT2D eigenvalue weighted by Crippen LogP contribution is -2.46. The first kappa shape index (κ1) is 24.3. The number of carbonyl (C=O) groups is 1. The molecule has 0 atom stereocenters. The van der Waals surface area contributed by atoms with Gasteiger partial charge in [-0.15, -0.1) is 24.0 Å². The molecule has 0 bridgehead atoms. The van der Waals surface area contributed by atoms with Crippen LogP contribution in [0.1, 0.15) is 32.3 Å². The average Bonchev–Trinajstić information content (AvgIpc) is 2.71. The molecule has 1 saturated heterocycles. The van der Waals surface area contributed by atoms with E-state index in [1.165, 1.54) is 7.11 Å². The molecule has 1 aliphatic rings. The standard InChI is InChI=1S/C20H31N3O4.HI/c1-5-21-20(23-11-9-16(10-12-23)19(24)26-4)22-14-15-7-8-17(27-6-2)18(13-15)25-3;/h7-8,13,16H,5-6,9-12,14H2,1-4H3,(H,21,22);1H. The van der Waals surface area contributed by atoms with Gasteiger partial charge in [0.05, 0.1) is 33.3 Å². The summed E-state index contributed by atoms with van der Waals surface area (Å²) in [6, 6.07) is 5.88. The van der Waals surface area contributed by atoms with Crippen molar-refractivity contribution in [2.45, 2.75) is 33.2 Å². The number of aliphatic imine (C=N–C) groups is 1. The molecule has 0 saturated carbocycles. The van der Waals surface area contributed by atoms with E-state index in [1.807, 2.05) is 25.1 Å². The maximum atomic E-state index is 11.7. The predicted octanol–water partition coefficient (Wildman–Crippen LogP) is 3.06. The van der Waals surface area contributed by atoms with Crippen LogP contribution in [0.5, 0.6) is 11.5 Å². The third-order valence-corrected chi connectivity index (χ3v) is 4.60. The maximum absolute atomic E-state index is 11.7. The van der Waals surface area contributed by atoms with E-state index in [0.29, 0.717) is 18.9 Å². The van der Waals surface area contributed by atoms with Gasteiger partial charge in [-0.2, -0.15) is 0 Å². The summed E-state index contributed by atoms with van der Waals surface area (Å²) >= 11 is 0. The van der Waals surface area contributed by atoms with Crippen LogP contribution in [-0.2, 0) is 16.1 Å². The largest absolute Gasteiger partial charge is 0.493 e. The minimum Gasteiger partial charge on any atom is -0.493 e. The molecule has 0 aliphatic carbocycles. The third-order valence-electron chi connectivity index (χ3n) is 4.60. The van der Waals surface area contributed by atoms with Gasteiger partial charge in [0.25, 0.3) is 0 Å². The number of guanidine groups is 1. The normalized spacial score (nSPS) is 14.9. The molecule has 8 heteroatoms. The number of rotatable bonds is 7. The highest BCUT2D eigenvalue weighted by molar-refractivity contribution is 14.0. The molecule has 0 radical (unpaired) electrons. The van der Waals surface area contributed by atoms with Gasteiger partial charge in [-0.25, -0.2) is 4.99 Å². The molecule has 1 aromatic carbocycles. The summed E-state index contributed by atoms with van der Waals surface area (Å²) in [4.78, 5) is 18.7. The number of nitrogens with one attached hydrogen (secondary N) is 1. The lowest BCUT2D eigenvalue weighted by Gasteiger charge is -2.33. The fourth-order valence-electron chi connectivity index (χ4n) is 3.17. The van der Waals surface area contributed by atoms with Crippen LogP contribution in [-0.4, -0.2) is 57.3 Å². The molecule has 158 valence electrons. The van der Waals surface area contributed by atoms with Crippen molar-refractivity contribution in [2.24, 2.45) is 10.9 Å². The molecule has 1 aliphatic heterocycles. The van der Waals surface area contributed by atoms with Crippen LogP contribution in [0, 0.1) is 5.92 Å². The fraction of sp³-hybridized carbons (Fsp3) is 0.600. The number of ether oxygens (including phenoxy) is 3. The number of piperidine rings is 1. The van der Waals surface area contributed by atoms with Gasteiger partial charge in [0.15, 0.2) is 17.5 Å². The summed E-state index contributed by atoms with van der Waals surface area (Å²) in [7, 11) is 3.09. The molecule has 1 aromatic rings. The summed E-state index contributed by atoms with van der Waals surface area (Å²) in [5, 5.41) is 3.34. The van der Waals surface area contributed by atoms with Gasteiger partial charge in [-0.05, 0) is 44.4 Å². The average molecular weight is 505 g/mol. The van der Waals surface area contributed by atoms with Crippen molar-refractivity contribution in [3.8, 4) is 11.5 Å². The Morgan fingerprint density at radius 1 is 1.21 bits per heavy atom. The van der Waals surface area contributed by atoms with Crippen LogP contribution in [0.3, 0.4) is 0 Å². The van der Waals surface area contributed by atoms with Gasteiger partial charge in [0.1, 0.15) is 0 Å². The van der Waals surface area contributed by atoms with E-state index in [0.717, 1.165) is 49.7 Å². The number of carbonyl (C=O) groups excluding carboxylic acids is 1. The molecular formula is C20H32IN3O4. The van der Waals surface area contributed by atoms with Crippen LogP contribution in [0.25, 0.3) is 0 Å². The van der Waals surface area contributed by atoms with Crippen LogP contribution in [0.4, 0.5) is 0 Å². The van der Waals surface area contributed by atoms with E-state index in [-0.39, 0.29) is 35.9 Å². The summed E-state index contributed by atoms with van der Waals surface area (Å²) in [6.45, 7) is 7.51.